The Labute approximate surface area is 178 Å². The quantitative estimate of drug-likeness (QED) is 0.529. The standard InChI is InChI=1S/C24H25F3N2O2/c1-6-29-21-10-8-16(11-19(21)18(14(2)3)13-22(29)30)23(31)28(5)17-9-7-15(4)20(12-17)24(25,26)27/h7-14H,6H2,1-5H3. The van der Waals surface area contributed by atoms with Gasteiger partial charge in [0.25, 0.3) is 11.5 Å². The molecule has 0 spiro atoms. The van der Waals surface area contributed by atoms with Gasteiger partial charge in [0, 0.05) is 36.3 Å². The Hall–Kier alpha value is -3.09. The number of rotatable bonds is 4. The molecule has 0 unspecified atom stereocenters. The first kappa shape index (κ1) is 22.6. The summed E-state index contributed by atoms with van der Waals surface area (Å²) in [7, 11) is 1.45. The zero-order valence-corrected chi connectivity index (χ0v) is 18.2. The molecular weight excluding hydrogens is 405 g/mol. The number of carbonyl (C=O) groups is 1. The smallest absolute Gasteiger partial charge is 0.311 e. The molecule has 3 aromatic rings. The Kier molecular flexibility index (Phi) is 5.98. The molecule has 0 fully saturated rings. The van der Waals surface area contributed by atoms with E-state index in [0.29, 0.717) is 12.1 Å². The molecule has 4 nitrogen and oxygen atoms in total. The maximum absolute atomic E-state index is 13.3. The van der Waals surface area contributed by atoms with E-state index in [0.717, 1.165) is 22.5 Å². The van der Waals surface area contributed by atoms with Crippen LogP contribution in [0.25, 0.3) is 10.9 Å². The van der Waals surface area contributed by atoms with Gasteiger partial charge in [0.15, 0.2) is 0 Å². The molecule has 7 heteroatoms. The summed E-state index contributed by atoms with van der Waals surface area (Å²) in [5.41, 5.74) is 1.29. The van der Waals surface area contributed by atoms with Crippen molar-refractivity contribution in [2.24, 2.45) is 0 Å². The Balaban J connectivity index is 2.10. The van der Waals surface area contributed by atoms with Crippen LogP contribution in [-0.2, 0) is 12.7 Å². The second kappa shape index (κ2) is 8.21. The van der Waals surface area contributed by atoms with Gasteiger partial charge < -0.3 is 9.47 Å². The number of aromatic nitrogens is 1. The second-order valence-electron chi connectivity index (χ2n) is 7.93. The van der Waals surface area contributed by atoms with E-state index in [1.807, 2.05) is 20.8 Å². The molecule has 0 aliphatic heterocycles. The summed E-state index contributed by atoms with van der Waals surface area (Å²) in [6, 6.07) is 10.5. The molecule has 1 heterocycles. The summed E-state index contributed by atoms with van der Waals surface area (Å²) in [5.74, 6) is -0.362. The number of aryl methyl sites for hydroxylation is 2. The van der Waals surface area contributed by atoms with Crippen molar-refractivity contribution in [1.29, 1.82) is 0 Å². The van der Waals surface area contributed by atoms with E-state index in [4.69, 9.17) is 0 Å². The summed E-state index contributed by atoms with van der Waals surface area (Å²) in [6.07, 6.45) is -4.50. The van der Waals surface area contributed by atoms with Crippen LogP contribution in [0.3, 0.4) is 0 Å². The zero-order valence-electron chi connectivity index (χ0n) is 18.2. The molecule has 0 radical (unpaired) electrons. The summed E-state index contributed by atoms with van der Waals surface area (Å²) in [4.78, 5) is 26.8. The average Bonchev–Trinajstić information content (AvgIpc) is 2.71. The van der Waals surface area contributed by atoms with Crippen LogP contribution in [0.1, 0.15) is 53.7 Å². The Morgan fingerprint density at radius 3 is 2.35 bits per heavy atom. The number of pyridine rings is 1. The predicted octanol–water partition coefficient (Wildman–Crippen LogP) is 5.75. The minimum atomic E-state index is -4.50. The molecule has 164 valence electrons. The van der Waals surface area contributed by atoms with Crippen molar-refractivity contribution in [2.45, 2.75) is 46.3 Å². The first-order chi connectivity index (χ1) is 14.5. The number of hydrogen-bond donors (Lipinski definition) is 0. The lowest BCUT2D eigenvalue weighted by Crippen LogP contribution is -2.27. The number of halogens is 3. The van der Waals surface area contributed by atoms with Gasteiger partial charge >= 0.3 is 6.18 Å². The maximum atomic E-state index is 13.3. The fourth-order valence-electron chi connectivity index (χ4n) is 3.78. The van der Waals surface area contributed by atoms with Gasteiger partial charge in [0.2, 0.25) is 0 Å². The third-order valence-corrected chi connectivity index (χ3v) is 5.55. The topological polar surface area (TPSA) is 42.3 Å². The fourth-order valence-corrected chi connectivity index (χ4v) is 3.78. The van der Waals surface area contributed by atoms with Crippen molar-refractivity contribution in [3.8, 4) is 0 Å². The third-order valence-electron chi connectivity index (χ3n) is 5.55. The molecule has 0 saturated carbocycles. The van der Waals surface area contributed by atoms with E-state index in [9.17, 15) is 22.8 Å². The monoisotopic (exact) mass is 430 g/mol. The van der Waals surface area contributed by atoms with Gasteiger partial charge in [-0.15, -0.1) is 0 Å². The van der Waals surface area contributed by atoms with Crippen LogP contribution in [0.5, 0.6) is 0 Å². The molecule has 0 N–H and O–H groups in total. The summed E-state index contributed by atoms with van der Waals surface area (Å²) in [6.45, 7) is 7.69. The summed E-state index contributed by atoms with van der Waals surface area (Å²) in [5, 5.41) is 0.788. The highest BCUT2D eigenvalue weighted by atomic mass is 19.4. The van der Waals surface area contributed by atoms with Gasteiger partial charge in [0.1, 0.15) is 0 Å². The minimum Gasteiger partial charge on any atom is -0.311 e. The van der Waals surface area contributed by atoms with Crippen molar-refractivity contribution in [3.05, 3.63) is 75.1 Å². The minimum absolute atomic E-state index is 0.0660. The average molecular weight is 430 g/mol. The summed E-state index contributed by atoms with van der Waals surface area (Å²) < 4.78 is 41.5. The van der Waals surface area contributed by atoms with Crippen molar-refractivity contribution in [3.63, 3.8) is 0 Å². The van der Waals surface area contributed by atoms with Crippen LogP contribution in [0.2, 0.25) is 0 Å². The largest absolute Gasteiger partial charge is 0.416 e. The van der Waals surface area contributed by atoms with Crippen LogP contribution in [-0.4, -0.2) is 17.5 Å². The van der Waals surface area contributed by atoms with Crippen LogP contribution < -0.4 is 10.5 Å². The number of fused-ring (bicyclic) bond motifs is 1. The molecule has 2 aromatic carbocycles. The highest BCUT2D eigenvalue weighted by Crippen LogP contribution is 2.34. The molecule has 0 aliphatic rings. The van der Waals surface area contributed by atoms with Crippen molar-refractivity contribution < 1.29 is 18.0 Å². The number of hydrogen-bond acceptors (Lipinski definition) is 2. The van der Waals surface area contributed by atoms with Gasteiger partial charge in [-0.05, 0) is 61.2 Å². The third kappa shape index (κ3) is 4.22. The molecule has 31 heavy (non-hydrogen) atoms. The number of anilines is 1. The van der Waals surface area contributed by atoms with E-state index in [1.165, 1.54) is 31.0 Å². The van der Waals surface area contributed by atoms with E-state index < -0.39 is 17.6 Å². The van der Waals surface area contributed by atoms with E-state index in [-0.39, 0.29) is 22.7 Å². The van der Waals surface area contributed by atoms with Crippen LogP contribution in [0.4, 0.5) is 18.9 Å². The van der Waals surface area contributed by atoms with E-state index >= 15 is 0 Å². The van der Waals surface area contributed by atoms with Gasteiger partial charge in [-0.3, -0.25) is 9.59 Å². The Bertz CT molecular complexity index is 1210. The molecule has 0 bridgehead atoms. The highest BCUT2D eigenvalue weighted by Gasteiger charge is 2.33. The van der Waals surface area contributed by atoms with E-state index in [2.05, 4.69) is 0 Å². The molecule has 1 aromatic heterocycles. The lowest BCUT2D eigenvalue weighted by molar-refractivity contribution is -0.138. The van der Waals surface area contributed by atoms with Crippen LogP contribution in [0.15, 0.2) is 47.3 Å². The van der Waals surface area contributed by atoms with Crippen molar-refractivity contribution in [1.82, 2.24) is 4.57 Å². The van der Waals surface area contributed by atoms with E-state index in [1.54, 1.807) is 28.8 Å². The Morgan fingerprint density at radius 2 is 1.77 bits per heavy atom. The lowest BCUT2D eigenvalue weighted by Gasteiger charge is -2.21. The molecule has 0 atom stereocenters. The molecule has 3 rings (SSSR count). The highest BCUT2D eigenvalue weighted by molar-refractivity contribution is 6.07. The number of benzene rings is 2. The molecule has 0 saturated heterocycles. The Morgan fingerprint density at radius 1 is 1.10 bits per heavy atom. The SMILES string of the molecule is CCn1c(=O)cc(C(C)C)c2cc(C(=O)N(C)c3ccc(C)c(C(F)(F)F)c3)ccc21. The lowest BCUT2D eigenvalue weighted by atomic mass is 9.97. The van der Waals surface area contributed by atoms with Crippen molar-refractivity contribution in [2.75, 3.05) is 11.9 Å². The molecule has 0 aliphatic carbocycles. The summed E-state index contributed by atoms with van der Waals surface area (Å²) >= 11 is 0. The van der Waals surface area contributed by atoms with Gasteiger partial charge in [-0.1, -0.05) is 19.9 Å². The van der Waals surface area contributed by atoms with Gasteiger partial charge in [0.05, 0.1) is 11.1 Å². The van der Waals surface area contributed by atoms with Crippen LogP contribution >= 0.6 is 0 Å². The van der Waals surface area contributed by atoms with Gasteiger partial charge in [-0.2, -0.15) is 13.2 Å². The maximum Gasteiger partial charge on any atom is 0.416 e. The first-order valence-corrected chi connectivity index (χ1v) is 10.1. The number of alkyl halides is 3. The normalized spacial score (nSPS) is 11.9. The number of amides is 1. The predicted molar refractivity (Wildman–Crippen MR) is 117 cm³/mol. The fraction of sp³-hybridized carbons (Fsp3) is 0.333. The second-order valence-corrected chi connectivity index (χ2v) is 7.93. The number of nitrogens with zero attached hydrogens (tertiary/aromatic N) is 2. The zero-order chi connectivity index (χ0) is 23.1. The van der Waals surface area contributed by atoms with Crippen molar-refractivity contribution >= 4 is 22.5 Å². The van der Waals surface area contributed by atoms with Gasteiger partial charge in [-0.25, -0.2) is 0 Å². The number of carbonyl (C=O) groups excluding carboxylic acids is 1. The van der Waals surface area contributed by atoms with Crippen LogP contribution in [0, 0.1) is 6.92 Å². The molecule has 1 amide bonds. The first-order valence-electron chi connectivity index (χ1n) is 10.1. The molecular formula is C24H25F3N2O2.